The maximum absolute atomic E-state index is 11.1. The third-order valence-corrected chi connectivity index (χ3v) is 1.88. The summed E-state index contributed by atoms with van der Waals surface area (Å²) in [5.74, 6) is -0.199. The molecule has 12 heavy (non-hydrogen) atoms. The summed E-state index contributed by atoms with van der Waals surface area (Å²) in [4.78, 5) is 13.0. The quantitative estimate of drug-likeness (QED) is 0.573. The first-order valence-corrected chi connectivity index (χ1v) is 3.92. The number of carbonyl (C=O) groups is 1. The van der Waals surface area contributed by atoms with E-state index in [9.17, 15) is 4.79 Å². The second kappa shape index (κ2) is 3.95. The van der Waals surface area contributed by atoms with E-state index in [0.717, 1.165) is 6.54 Å². The Labute approximate surface area is 72.3 Å². The van der Waals surface area contributed by atoms with Gasteiger partial charge in [0.15, 0.2) is 0 Å². The molecule has 0 aromatic heterocycles. The molecule has 0 saturated carbocycles. The SMILES string of the molecule is COC(=O)C(C)N1C=CC=CC1. The summed E-state index contributed by atoms with van der Waals surface area (Å²) in [6.45, 7) is 2.60. The van der Waals surface area contributed by atoms with Crippen LogP contribution in [0.5, 0.6) is 0 Å². The van der Waals surface area contributed by atoms with Crippen molar-refractivity contribution in [3.8, 4) is 0 Å². The maximum Gasteiger partial charge on any atom is 0.328 e. The number of esters is 1. The Kier molecular flexibility index (Phi) is 2.91. The van der Waals surface area contributed by atoms with Crippen molar-refractivity contribution in [3.05, 3.63) is 24.4 Å². The van der Waals surface area contributed by atoms with Gasteiger partial charge in [-0.15, -0.1) is 0 Å². The van der Waals surface area contributed by atoms with Crippen LogP contribution in [0.1, 0.15) is 6.92 Å². The fourth-order valence-corrected chi connectivity index (χ4v) is 1.08. The van der Waals surface area contributed by atoms with Gasteiger partial charge < -0.3 is 9.64 Å². The van der Waals surface area contributed by atoms with Crippen LogP contribution in [0.15, 0.2) is 24.4 Å². The highest BCUT2D eigenvalue weighted by Gasteiger charge is 2.18. The molecule has 0 saturated heterocycles. The zero-order chi connectivity index (χ0) is 8.97. The third kappa shape index (κ3) is 1.87. The lowest BCUT2D eigenvalue weighted by Gasteiger charge is -2.25. The highest BCUT2D eigenvalue weighted by Crippen LogP contribution is 2.05. The zero-order valence-corrected chi connectivity index (χ0v) is 7.36. The second-order valence-electron chi connectivity index (χ2n) is 2.67. The Morgan fingerprint density at radius 2 is 2.33 bits per heavy atom. The first-order valence-electron chi connectivity index (χ1n) is 3.92. The molecule has 1 rings (SSSR count). The average molecular weight is 167 g/mol. The van der Waals surface area contributed by atoms with Crippen LogP contribution in [0.25, 0.3) is 0 Å². The largest absolute Gasteiger partial charge is 0.467 e. The van der Waals surface area contributed by atoms with Crippen LogP contribution >= 0.6 is 0 Å². The van der Waals surface area contributed by atoms with Gasteiger partial charge in [0.1, 0.15) is 6.04 Å². The van der Waals surface area contributed by atoms with E-state index in [2.05, 4.69) is 4.74 Å². The van der Waals surface area contributed by atoms with Crippen LogP contribution in [-0.4, -0.2) is 30.6 Å². The summed E-state index contributed by atoms with van der Waals surface area (Å²) in [5.41, 5.74) is 0. The van der Waals surface area contributed by atoms with Crippen molar-refractivity contribution in [2.24, 2.45) is 0 Å². The highest BCUT2D eigenvalue weighted by atomic mass is 16.5. The molecule has 1 unspecified atom stereocenters. The minimum absolute atomic E-state index is 0.198. The van der Waals surface area contributed by atoms with Gasteiger partial charge in [-0.3, -0.25) is 0 Å². The predicted molar refractivity (Wildman–Crippen MR) is 46.5 cm³/mol. The van der Waals surface area contributed by atoms with Gasteiger partial charge in [0, 0.05) is 12.7 Å². The molecule has 3 nitrogen and oxygen atoms in total. The fourth-order valence-electron chi connectivity index (χ4n) is 1.08. The Morgan fingerprint density at radius 1 is 1.58 bits per heavy atom. The molecule has 3 heteroatoms. The van der Waals surface area contributed by atoms with E-state index < -0.39 is 0 Å². The number of allylic oxidation sites excluding steroid dienone is 2. The Hall–Kier alpha value is -1.25. The summed E-state index contributed by atoms with van der Waals surface area (Å²) in [5, 5.41) is 0. The Morgan fingerprint density at radius 3 is 2.83 bits per heavy atom. The monoisotopic (exact) mass is 167 g/mol. The maximum atomic E-state index is 11.1. The minimum atomic E-state index is -0.199. The van der Waals surface area contributed by atoms with Crippen molar-refractivity contribution in [2.45, 2.75) is 13.0 Å². The van der Waals surface area contributed by atoms with E-state index in [1.54, 1.807) is 0 Å². The van der Waals surface area contributed by atoms with Crippen LogP contribution in [-0.2, 0) is 9.53 Å². The molecule has 1 atom stereocenters. The van der Waals surface area contributed by atoms with Crippen molar-refractivity contribution >= 4 is 5.97 Å². The lowest BCUT2D eigenvalue weighted by molar-refractivity contribution is -0.145. The molecule has 1 heterocycles. The van der Waals surface area contributed by atoms with Gasteiger partial charge in [-0.2, -0.15) is 0 Å². The van der Waals surface area contributed by atoms with Crippen molar-refractivity contribution < 1.29 is 9.53 Å². The number of hydrogen-bond donors (Lipinski definition) is 0. The van der Waals surface area contributed by atoms with E-state index in [-0.39, 0.29) is 12.0 Å². The Balaban J connectivity index is 2.52. The summed E-state index contributed by atoms with van der Waals surface area (Å²) in [6, 6.07) is -0.198. The number of rotatable bonds is 2. The molecule has 0 aromatic carbocycles. The summed E-state index contributed by atoms with van der Waals surface area (Å²) >= 11 is 0. The standard InChI is InChI=1S/C9H13NO2/c1-8(9(11)12-2)10-6-4-3-5-7-10/h3-6,8H,7H2,1-2H3. The van der Waals surface area contributed by atoms with Crippen molar-refractivity contribution in [1.29, 1.82) is 0 Å². The molecule has 0 N–H and O–H groups in total. The molecule has 0 aromatic rings. The van der Waals surface area contributed by atoms with E-state index >= 15 is 0 Å². The summed E-state index contributed by atoms with van der Waals surface area (Å²) in [7, 11) is 1.41. The number of carbonyl (C=O) groups excluding carboxylic acids is 1. The van der Waals surface area contributed by atoms with Crippen LogP contribution < -0.4 is 0 Å². The van der Waals surface area contributed by atoms with Crippen LogP contribution in [0.4, 0.5) is 0 Å². The van der Waals surface area contributed by atoms with Crippen molar-refractivity contribution in [3.63, 3.8) is 0 Å². The minimum Gasteiger partial charge on any atom is -0.467 e. The zero-order valence-electron chi connectivity index (χ0n) is 7.36. The first kappa shape index (κ1) is 8.84. The number of methoxy groups -OCH3 is 1. The van der Waals surface area contributed by atoms with Gasteiger partial charge in [0.05, 0.1) is 7.11 Å². The first-order chi connectivity index (χ1) is 5.75. The predicted octanol–water partition coefficient (Wildman–Crippen LogP) is 0.933. The summed E-state index contributed by atoms with van der Waals surface area (Å²) in [6.07, 6.45) is 7.75. The lowest BCUT2D eigenvalue weighted by Crippen LogP contribution is -2.36. The van der Waals surface area contributed by atoms with Gasteiger partial charge in [-0.05, 0) is 13.0 Å². The van der Waals surface area contributed by atoms with Crippen molar-refractivity contribution in [1.82, 2.24) is 4.90 Å². The normalized spacial score (nSPS) is 17.7. The van der Waals surface area contributed by atoms with Crippen LogP contribution in [0.2, 0.25) is 0 Å². The Bertz CT molecular complexity index is 221. The number of hydrogen-bond acceptors (Lipinski definition) is 3. The van der Waals surface area contributed by atoms with Gasteiger partial charge in [-0.1, -0.05) is 12.2 Å². The third-order valence-electron chi connectivity index (χ3n) is 1.88. The molecule has 0 bridgehead atoms. The molecule has 0 spiro atoms. The van der Waals surface area contributed by atoms with E-state index in [0.29, 0.717) is 0 Å². The van der Waals surface area contributed by atoms with Gasteiger partial charge in [0.2, 0.25) is 0 Å². The number of nitrogens with zero attached hydrogens (tertiary/aromatic N) is 1. The van der Waals surface area contributed by atoms with E-state index in [4.69, 9.17) is 0 Å². The molecule has 0 aliphatic carbocycles. The molecule has 66 valence electrons. The highest BCUT2D eigenvalue weighted by molar-refractivity contribution is 5.75. The molecular weight excluding hydrogens is 154 g/mol. The van der Waals surface area contributed by atoms with Crippen LogP contribution in [0.3, 0.4) is 0 Å². The molecule has 0 radical (unpaired) electrons. The number of ether oxygens (including phenoxy) is 1. The molecule has 1 aliphatic heterocycles. The molecule has 0 fully saturated rings. The van der Waals surface area contributed by atoms with Crippen LogP contribution in [0, 0.1) is 0 Å². The summed E-state index contributed by atoms with van der Waals surface area (Å²) < 4.78 is 4.63. The van der Waals surface area contributed by atoms with E-state index in [1.807, 2.05) is 36.3 Å². The average Bonchev–Trinajstić information content (AvgIpc) is 2.17. The van der Waals surface area contributed by atoms with E-state index in [1.165, 1.54) is 7.11 Å². The van der Waals surface area contributed by atoms with Gasteiger partial charge in [-0.25, -0.2) is 4.79 Å². The van der Waals surface area contributed by atoms with Crippen molar-refractivity contribution in [2.75, 3.05) is 13.7 Å². The molecule has 1 aliphatic rings. The molecular formula is C9H13NO2. The second-order valence-corrected chi connectivity index (χ2v) is 2.67. The molecule has 0 amide bonds. The lowest BCUT2D eigenvalue weighted by atomic mass is 10.2. The van der Waals surface area contributed by atoms with Gasteiger partial charge in [0.25, 0.3) is 0 Å². The topological polar surface area (TPSA) is 29.5 Å². The van der Waals surface area contributed by atoms with Gasteiger partial charge >= 0.3 is 5.97 Å². The fraction of sp³-hybridized carbons (Fsp3) is 0.444. The smallest absolute Gasteiger partial charge is 0.328 e.